The SMILES string of the molecule is CN1CCC(CCNc2ccncc2Br)CC1. The van der Waals surface area contributed by atoms with Crippen molar-refractivity contribution in [2.75, 3.05) is 32.0 Å². The number of hydrogen-bond acceptors (Lipinski definition) is 3. The highest BCUT2D eigenvalue weighted by atomic mass is 79.9. The predicted molar refractivity (Wildman–Crippen MR) is 75.3 cm³/mol. The van der Waals surface area contributed by atoms with Crippen molar-refractivity contribution in [2.45, 2.75) is 19.3 Å². The Labute approximate surface area is 112 Å². The Morgan fingerprint density at radius 1 is 1.47 bits per heavy atom. The lowest BCUT2D eigenvalue weighted by Gasteiger charge is -2.29. The zero-order valence-electron chi connectivity index (χ0n) is 10.3. The third-order valence-electron chi connectivity index (χ3n) is 3.48. The van der Waals surface area contributed by atoms with Crippen LogP contribution in [-0.4, -0.2) is 36.6 Å². The number of hydrogen-bond donors (Lipinski definition) is 1. The number of nitrogens with one attached hydrogen (secondary N) is 1. The molecule has 1 N–H and O–H groups in total. The summed E-state index contributed by atoms with van der Waals surface area (Å²) in [6, 6.07) is 2.01. The number of likely N-dealkylation sites (tertiary alicyclic amines) is 1. The summed E-state index contributed by atoms with van der Waals surface area (Å²) in [7, 11) is 2.21. The van der Waals surface area contributed by atoms with Gasteiger partial charge in [-0.05, 0) is 67.3 Å². The van der Waals surface area contributed by atoms with Gasteiger partial charge in [0.05, 0.1) is 10.2 Å². The Morgan fingerprint density at radius 2 is 2.24 bits per heavy atom. The molecule has 2 heterocycles. The molecule has 1 aromatic heterocycles. The van der Waals surface area contributed by atoms with Crippen LogP contribution in [-0.2, 0) is 0 Å². The van der Waals surface area contributed by atoms with Crippen LogP contribution in [0.2, 0.25) is 0 Å². The van der Waals surface area contributed by atoms with Crippen LogP contribution >= 0.6 is 15.9 Å². The van der Waals surface area contributed by atoms with Crippen LogP contribution in [0.15, 0.2) is 22.9 Å². The lowest BCUT2D eigenvalue weighted by atomic mass is 9.94. The van der Waals surface area contributed by atoms with E-state index in [-0.39, 0.29) is 0 Å². The van der Waals surface area contributed by atoms with Crippen molar-refractivity contribution in [1.29, 1.82) is 0 Å². The lowest BCUT2D eigenvalue weighted by Crippen LogP contribution is -2.30. The van der Waals surface area contributed by atoms with Gasteiger partial charge in [0.1, 0.15) is 0 Å². The lowest BCUT2D eigenvalue weighted by molar-refractivity contribution is 0.215. The number of halogens is 1. The van der Waals surface area contributed by atoms with Gasteiger partial charge in [0.25, 0.3) is 0 Å². The minimum Gasteiger partial charge on any atom is -0.384 e. The molecule has 17 heavy (non-hydrogen) atoms. The molecule has 0 saturated carbocycles. The maximum atomic E-state index is 4.06. The standard InChI is InChI=1S/C13H20BrN3/c1-17-8-4-11(5-9-17)2-7-16-13-3-6-15-10-12(13)14/h3,6,10-11H,2,4-5,7-9H2,1H3,(H,15,16). The molecule has 0 spiro atoms. The molecule has 0 aromatic carbocycles. The summed E-state index contributed by atoms with van der Waals surface area (Å²) in [6.45, 7) is 3.56. The molecular formula is C13H20BrN3. The van der Waals surface area contributed by atoms with E-state index < -0.39 is 0 Å². The van der Waals surface area contributed by atoms with Gasteiger partial charge < -0.3 is 10.2 Å². The average molecular weight is 298 g/mol. The summed E-state index contributed by atoms with van der Waals surface area (Å²) in [6.07, 6.45) is 7.61. The van der Waals surface area contributed by atoms with E-state index in [9.17, 15) is 0 Å². The van der Waals surface area contributed by atoms with Crippen LogP contribution < -0.4 is 5.32 Å². The minimum absolute atomic E-state index is 0.888. The number of nitrogens with zero attached hydrogens (tertiary/aromatic N) is 2. The first kappa shape index (κ1) is 12.8. The van der Waals surface area contributed by atoms with Crippen LogP contribution in [0.5, 0.6) is 0 Å². The number of rotatable bonds is 4. The second-order valence-corrected chi connectivity index (χ2v) is 5.67. The molecule has 0 amide bonds. The van der Waals surface area contributed by atoms with E-state index in [4.69, 9.17) is 0 Å². The van der Waals surface area contributed by atoms with Gasteiger partial charge in [-0.15, -0.1) is 0 Å². The molecule has 1 fully saturated rings. The van der Waals surface area contributed by atoms with Crippen molar-refractivity contribution >= 4 is 21.6 Å². The van der Waals surface area contributed by atoms with Crippen molar-refractivity contribution < 1.29 is 0 Å². The van der Waals surface area contributed by atoms with Gasteiger partial charge in [0.2, 0.25) is 0 Å². The Balaban J connectivity index is 1.71. The third kappa shape index (κ3) is 3.96. The molecule has 0 unspecified atom stereocenters. The number of piperidine rings is 1. The quantitative estimate of drug-likeness (QED) is 0.926. The minimum atomic E-state index is 0.888. The number of aromatic nitrogens is 1. The first-order valence-electron chi connectivity index (χ1n) is 6.27. The molecule has 3 nitrogen and oxygen atoms in total. The second kappa shape index (κ2) is 6.36. The van der Waals surface area contributed by atoms with E-state index in [1.54, 1.807) is 0 Å². The summed E-state index contributed by atoms with van der Waals surface area (Å²) in [4.78, 5) is 6.48. The number of pyridine rings is 1. The zero-order valence-corrected chi connectivity index (χ0v) is 11.9. The molecular weight excluding hydrogens is 278 g/mol. The van der Waals surface area contributed by atoms with E-state index in [0.29, 0.717) is 0 Å². The summed E-state index contributed by atoms with van der Waals surface area (Å²) >= 11 is 3.50. The summed E-state index contributed by atoms with van der Waals surface area (Å²) in [5, 5.41) is 3.47. The predicted octanol–water partition coefficient (Wildman–Crippen LogP) is 2.99. The van der Waals surface area contributed by atoms with Crippen molar-refractivity contribution in [1.82, 2.24) is 9.88 Å². The Kier molecular flexibility index (Phi) is 4.80. The van der Waals surface area contributed by atoms with Crippen LogP contribution in [0.4, 0.5) is 5.69 Å². The molecule has 0 atom stereocenters. The van der Waals surface area contributed by atoms with Crippen molar-refractivity contribution in [2.24, 2.45) is 5.92 Å². The molecule has 94 valence electrons. The summed E-state index contributed by atoms with van der Waals surface area (Å²) in [5.74, 6) is 0.888. The van der Waals surface area contributed by atoms with E-state index in [2.05, 4.69) is 38.2 Å². The van der Waals surface area contributed by atoms with Crippen LogP contribution in [0.25, 0.3) is 0 Å². The fourth-order valence-corrected chi connectivity index (χ4v) is 2.67. The highest BCUT2D eigenvalue weighted by Crippen LogP contribution is 2.22. The van der Waals surface area contributed by atoms with E-state index in [0.717, 1.165) is 22.6 Å². The third-order valence-corrected chi connectivity index (χ3v) is 4.11. The van der Waals surface area contributed by atoms with Gasteiger partial charge in [-0.3, -0.25) is 4.98 Å². The second-order valence-electron chi connectivity index (χ2n) is 4.82. The van der Waals surface area contributed by atoms with Crippen LogP contribution in [0.3, 0.4) is 0 Å². The maximum absolute atomic E-state index is 4.06. The number of anilines is 1. The monoisotopic (exact) mass is 297 g/mol. The molecule has 1 saturated heterocycles. The largest absolute Gasteiger partial charge is 0.384 e. The van der Waals surface area contributed by atoms with Crippen molar-refractivity contribution in [3.63, 3.8) is 0 Å². The molecule has 1 aromatic rings. The first-order chi connectivity index (χ1) is 8.25. The van der Waals surface area contributed by atoms with E-state index in [1.807, 2.05) is 18.5 Å². The molecule has 0 bridgehead atoms. The molecule has 1 aliphatic rings. The van der Waals surface area contributed by atoms with Crippen molar-refractivity contribution in [3.05, 3.63) is 22.9 Å². The van der Waals surface area contributed by atoms with E-state index >= 15 is 0 Å². The molecule has 2 rings (SSSR count). The van der Waals surface area contributed by atoms with Crippen LogP contribution in [0, 0.1) is 5.92 Å². The molecule has 0 radical (unpaired) electrons. The maximum Gasteiger partial charge on any atom is 0.0590 e. The van der Waals surface area contributed by atoms with Gasteiger partial charge in [-0.25, -0.2) is 0 Å². The topological polar surface area (TPSA) is 28.2 Å². The smallest absolute Gasteiger partial charge is 0.0590 e. The fourth-order valence-electron chi connectivity index (χ4n) is 2.28. The Hall–Kier alpha value is -0.610. The molecule has 0 aliphatic carbocycles. The Morgan fingerprint density at radius 3 is 2.94 bits per heavy atom. The highest BCUT2D eigenvalue weighted by molar-refractivity contribution is 9.10. The first-order valence-corrected chi connectivity index (χ1v) is 7.07. The van der Waals surface area contributed by atoms with Gasteiger partial charge in [-0.2, -0.15) is 0 Å². The summed E-state index contributed by atoms with van der Waals surface area (Å²) < 4.78 is 1.04. The van der Waals surface area contributed by atoms with E-state index in [1.165, 1.54) is 32.4 Å². The van der Waals surface area contributed by atoms with Crippen molar-refractivity contribution in [3.8, 4) is 0 Å². The van der Waals surface area contributed by atoms with Gasteiger partial charge in [0, 0.05) is 18.9 Å². The zero-order chi connectivity index (χ0) is 12.1. The van der Waals surface area contributed by atoms with Gasteiger partial charge >= 0.3 is 0 Å². The normalized spacial score (nSPS) is 18.2. The molecule has 1 aliphatic heterocycles. The highest BCUT2D eigenvalue weighted by Gasteiger charge is 2.15. The summed E-state index contributed by atoms with van der Waals surface area (Å²) in [5.41, 5.74) is 1.15. The fraction of sp³-hybridized carbons (Fsp3) is 0.615. The van der Waals surface area contributed by atoms with Gasteiger partial charge in [-0.1, -0.05) is 0 Å². The van der Waals surface area contributed by atoms with Gasteiger partial charge in [0.15, 0.2) is 0 Å². The molecule has 4 heteroatoms. The van der Waals surface area contributed by atoms with Crippen LogP contribution in [0.1, 0.15) is 19.3 Å². The average Bonchev–Trinajstić information content (AvgIpc) is 2.34. The Bertz CT molecular complexity index is 348.